The molecule has 11 rings (SSSR count). The van der Waals surface area contributed by atoms with Gasteiger partial charge in [0.1, 0.15) is 0 Å². The average molecular weight is 866 g/mol. The summed E-state index contributed by atoms with van der Waals surface area (Å²) in [6, 6.07) is 65.8. The molecular formula is C61H35N7. The first kappa shape index (κ1) is 40.8. The molecule has 7 heteroatoms. The Morgan fingerprint density at radius 2 is 0.838 bits per heavy atom. The van der Waals surface area contributed by atoms with Gasteiger partial charge in [0.15, 0.2) is 11.4 Å². The molecule has 0 N–H and O–H groups in total. The van der Waals surface area contributed by atoms with E-state index in [-0.39, 0.29) is 0 Å². The highest BCUT2D eigenvalue weighted by Gasteiger charge is 2.23. The summed E-state index contributed by atoms with van der Waals surface area (Å²) in [5, 5.41) is 34.2. The summed E-state index contributed by atoms with van der Waals surface area (Å²) >= 11 is 0. The third kappa shape index (κ3) is 6.79. The number of hydrogen-bond acceptors (Lipinski definition) is 3. The van der Waals surface area contributed by atoms with Crippen molar-refractivity contribution in [3.05, 3.63) is 227 Å². The molecule has 0 aliphatic heterocycles. The van der Waals surface area contributed by atoms with Gasteiger partial charge in [-0.15, -0.1) is 0 Å². The van der Waals surface area contributed by atoms with Crippen molar-refractivity contribution in [1.29, 1.82) is 15.8 Å². The molecule has 0 amide bonds. The fraction of sp³-hybridized carbons (Fsp3) is 0.0328. The smallest absolute Gasteiger partial charge is 0.189 e. The van der Waals surface area contributed by atoms with Gasteiger partial charge in [0, 0.05) is 43.8 Å². The average Bonchev–Trinajstić information content (AvgIpc) is 3.89. The molecular weight excluding hydrogens is 831 g/mol. The molecule has 0 spiro atoms. The van der Waals surface area contributed by atoms with Gasteiger partial charge < -0.3 is 9.13 Å². The molecule has 7 nitrogen and oxygen atoms in total. The fourth-order valence-corrected chi connectivity index (χ4v) is 9.92. The largest absolute Gasteiger partial charge is 0.309 e. The highest BCUT2D eigenvalue weighted by atomic mass is 15.0. The topological polar surface area (TPSA) is 90.0 Å². The third-order valence-electron chi connectivity index (χ3n) is 12.8. The second-order valence-electron chi connectivity index (χ2n) is 17.1. The van der Waals surface area contributed by atoms with Crippen molar-refractivity contribution in [1.82, 2.24) is 9.13 Å². The molecule has 0 saturated carbocycles. The molecule has 0 saturated heterocycles. The van der Waals surface area contributed by atoms with E-state index in [1.165, 1.54) is 11.1 Å². The summed E-state index contributed by atoms with van der Waals surface area (Å²) in [7, 11) is 0. The van der Waals surface area contributed by atoms with Crippen LogP contribution in [0.25, 0.3) is 109 Å². The molecule has 314 valence electrons. The van der Waals surface area contributed by atoms with E-state index in [0.717, 1.165) is 99.5 Å². The second-order valence-corrected chi connectivity index (χ2v) is 17.1. The molecule has 9 aromatic carbocycles. The molecule has 68 heavy (non-hydrogen) atoms. The minimum atomic E-state index is 0.405. The van der Waals surface area contributed by atoms with Crippen molar-refractivity contribution in [2.24, 2.45) is 0 Å². The molecule has 0 aliphatic rings. The van der Waals surface area contributed by atoms with Gasteiger partial charge in [-0.3, -0.25) is 0 Å². The Bertz CT molecular complexity index is 4100. The van der Waals surface area contributed by atoms with Crippen molar-refractivity contribution in [3.63, 3.8) is 0 Å². The van der Waals surface area contributed by atoms with E-state index in [2.05, 4.69) is 154 Å². The number of nitrogens with zero attached hydrogens (tertiary/aromatic N) is 7. The molecule has 0 aliphatic carbocycles. The van der Waals surface area contributed by atoms with E-state index in [9.17, 15) is 15.8 Å². The predicted octanol–water partition coefficient (Wildman–Crippen LogP) is 15.9. The van der Waals surface area contributed by atoms with Crippen LogP contribution in [0.15, 0.2) is 176 Å². The number of aryl methyl sites for hydroxylation is 2. The van der Waals surface area contributed by atoms with Crippen LogP contribution in [-0.2, 0) is 0 Å². The van der Waals surface area contributed by atoms with E-state index >= 15 is 0 Å². The minimum absolute atomic E-state index is 0.405. The molecule has 0 bridgehead atoms. The highest BCUT2D eigenvalue weighted by molar-refractivity contribution is 6.13. The Labute approximate surface area is 392 Å². The third-order valence-corrected chi connectivity index (χ3v) is 12.8. The maximum absolute atomic E-state index is 10.5. The van der Waals surface area contributed by atoms with Gasteiger partial charge in [0.05, 0.1) is 70.4 Å². The van der Waals surface area contributed by atoms with Crippen LogP contribution in [0, 0.1) is 61.0 Å². The molecule has 0 radical (unpaired) electrons. The standard InChI is InChI=1S/C61H35N7/c1-37-21-38(2)23-45(22-37)42-14-18-59(67-56-11-7-5-9-50(56)53-32-43(15-19-58(53)67)46-24-40(35-63)26-48(29-46)65-3)55(31-42)52-17-13-39(34-62)28-61(52)68-57-12-8-6-10-51(57)54-33-44(16-20-60(54)68)47-25-41(36-64)27-49(30-47)66-4/h5-33H,1-2H3. The number of rotatable bonds is 6. The summed E-state index contributed by atoms with van der Waals surface area (Å²) in [5.74, 6) is 0. The number of benzene rings is 9. The summed E-state index contributed by atoms with van der Waals surface area (Å²) in [5.41, 5.74) is 17.6. The van der Waals surface area contributed by atoms with Crippen LogP contribution in [-0.4, -0.2) is 9.13 Å². The Hall–Kier alpha value is -9.97. The molecule has 2 heterocycles. The van der Waals surface area contributed by atoms with Crippen molar-refractivity contribution in [2.75, 3.05) is 0 Å². The second kappa shape index (κ2) is 16.2. The summed E-state index contributed by atoms with van der Waals surface area (Å²) in [6.45, 7) is 19.6. The van der Waals surface area contributed by atoms with E-state index in [1.807, 2.05) is 60.7 Å². The lowest BCUT2D eigenvalue weighted by Gasteiger charge is -2.20. The van der Waals surface area contributed by atoms with Gasteiger partial charge in [-0.1, -0.05) is 90.0 Å². The fourth-order valence-electron chi connectivity index (χ4n) is 9.92. The molecule has 0 fully saturated rings. The van der Waals surface area contributed by atoms with Crippen molar-refractivity contribution in [3.8, 4) is 74.1 Å². The Kier molecular flexibility index (Phi) is 9.73. The van der Waals surface area contributed by atoms with Gasteiger partial charge in [-0.25, -0.2) is 9.69 Å². The van der Waals surface area contributed by atoms with E-state index < -0.39 is 0 Å². The van der Waals surface area contributed by atoms with Gasteiger partial charge >= 0.3 is 0 Å². The summed E-state index contributed by atoms with van der Waals surface area (Å²) in [4.78, 5) is 7.30. The lowest BCUT2D eigenvalue weighted by molar-refractivity contribution is 1.16. The van der Waals surface area contributed by atoms with Gasteiger partial charge in [0.2, 0.25) is 0 Å². The number of nitriles is 3. The van der Waals surface area contributed by atoms with Crippen molar-refractivity contribution < 1.29 is 0 Å². The zero-order chi connectivity index (χ0) is 46.6. The van der Waals surface area contributed by atoms with Crippen LogP contribution in [0.5, 0.6) is 0 Å². The Morgan fingerprint density at radius 1 is 0.368 bits per heavy atom. The molecule has 2 aromatic heterocycles. The summed E-state index contributed by atoms with van der Waals surface area (Å²) < 4.78 is 4.57. The van der Waals surface area contributed by atoms with Gasteiger partial charge in [-0.2, -0.15) is 15.8 Å². The first-order valence-electron chi connectivity index (χ1n) is 22.0. The van der Waals surface area contributed by atoms with Crippen LogP contribution in [0.3, 0.4) is 0 Å². The first-order valence-corrected chi connectivity index (χ1v) is 22.0. The normalized spacial score (nSPS) is 11.0. The minimum Gasteiger partial charge on any atom is -0.309 e. The maximum Gasteiger partial charge on any atom is 0.189 e. The van der Waals surface area contributed by atoms with Crippen molar-refractivity contribution >= 4 is 55.0 Å². The Morgan fingerprint density at radius 3 is 1.37 bits per heavy atom. The quantitative estimate of drug-likeness (QED) is 0.156. The van der Waals surface area contributed by atoms with Crippen LogP contribution >= 0.6 is 0 Å². The zero-order valence-corrected chi connectivity index (χ0v) is 36.9. The van der Waals surface area contributed by atoms with Crippen LogP contribution in [0.4, 0.5) is 11.4 Å². The number of para-hydroxylation sites is 2. The number of fused-ring (bicyclic) bond motifs is 6. The van der Waals surface area contributed by atoms with Gasteiger partial charge in [0.25, 0.3) is 0 Å². The molecule has 0 atom stereocenters. The molecule has 0 unspecified atom stereocenters. The van der Waals surface area contributed by atoms with E-state index in [4.69, 9.17) is 13.1 Å². The van der Waals surface area contributed by atoms with Gasteiger partial charge in [-0.05, 0) is 144 Å². The number of aromatic nitrogens is 2. The van der Waals surface area contributed by atoms with E-state index in [1.54, 1.807) is 12.1 Å². The zero-order valence-electron chi connectivity index (χ0n) is 36.9. The van der Waals surface area contributed by atoms with Crippen LogP contribution in [0.1, 0.15) is 27.8 Å². The predicted molar refractivity (Wildman–Crippen MR) is 273 cm³/mol. The van der Waals surface area contributed by atoms with E-state index in [0.29, 0.717) is 28.1 Å². The maximum atomic E-state index is 10.5. The van der Waals surface area contributed by atoms with Crippen LogP contribution < -0.4 is 0 Å². The summed E-state index contributed by atoms with van der Waals surface area (Å²) in [6.07, 6.45) is 0. The lowest BCUT2D eigenvalue weighted by atomic mass is 9.93. The molecule has 11 aromatic rings. The lowest BCUT2D eigenvalue weighted by Crippen LogP contribution is -2.02. The first-order chi connectivity index (χ1) is 33.2. The monoisotopic (exact) mass is 865 g/mol. The van der Waals surface area contributed by atoms with Crippen molar-refractivity contribution in [2.45, 2.75) is 13.8 Å². The highest BCUT2D eigenvalue weighted by Crippen LogP contribution is 2.44. The van der Waals surface area contributed by atoms with Crippen LogP contribution in [0.2, 0.25) is 0 Å². The SMILES string of the molecule is [C-]#[N+]c1cc(C#N)cc(-c2ccc3c(c2)c2ccccc2n3-c2ccc(-c3cc(C)cc(C)c3)cc2-c2ccc(C#N)cc2-n2c3ccccc3c3cc(-c4cc(C#N)cc([N+]#[C-])c4)ccc32)c1. The Balaban J connectivity index is 1.20. The number of hydrogen-bond donors (Lipinski definition) is 0.